The highest BCUT2D eigenvalue weighted by Gasteiger charge is 2.38. The zero-order valence-electron chi connectivity index (χ0n) is 21.7. The summed E-state index contributed by atoms with van der Waals surface area (Å²) >= 11 is 0. The number of hydrazine groups is 1. The van der Waals surface area contributed by atoms with Crippen molar-refractivity contribution in [2.45, 2.75) is 65.7 Å². The molecule has 0 fully saturated rings. The monoisotopic (exact) mass is 512 g/mol. The van der Waals surface area contributed by atoms with E-state index in [2.05, 4.69) is 10.9 Å². The van der Waals surface area contributed by atoms with Crippen LogP contribution in [-0.2, 0) is 45.5 Å². The second kappa shape index (κ2) is 13.6. The summed E-state index contributed by atoms with van der Waals surface area (Å²) in [6.45, 7) is 9.25. The van der Waals surface area contributed by atoms with Crippen molar-refractivity contribution in [2.24, 2.45) is 5.41 Å². The van der Waals surface area contributed by atoms with Crippen molar-refractivity contribution in [3.05, 3.63) is 35.4 Å². The minimum atomic E-state index is -3.68. The van der Waals surface area contributed by atoms with Gasteiger partial charge in [0.05, 0.1) is 24.4 Å². The molecule has 0 radical (unpaired) electrons. The molecule has 9 nitrogen and oxygen atoms in total. The summed E-state index contributed by atoms with van der Waals surface area (Å²) in [5, 5.41) is 0. The number of benzene rings is 1. The Labute approximate surface area is 209 Å². The number of aryl methyl sites for hydroxylation is 1. The second-order valence-electron chi connectivity index (χ2n) is 9.54. The molecule has 0 bridgehead atoms. The van der Waals surface area contributed by atoms with Crippen LogP contribution in [0.4, 0.5) is 0 Å². The lowest BCUT2D eigenvalue weighted by atomic mass is 9.73. The molecule has 1 rings (SSSR count). The Bertz CT molecular complexity index is 976. The first-order valence-corrected chi connectivity index (χ1v) is 13.7. The molecule has 35 heavy (non-hydrogen) atoms. The van der Waals surface area contributed by atoms with E-state index < -0.39 is 32.4 Å². The fraction of sp³-hybridized carbons (Fsp3) is 0.640. The first kappa shape index (κ1) is 30.6. The van der Waals surface area contributed by atoms with Gasteiger partial charge >= 0.3 is 11.9 Å². The third-order valence-corrected chi connectivity index (χ3v) is 7.68. The van der Waals surface area contributed by atoms with Crippen molar-refractivity contribution in [3.63, 3.8) is 0 Å². The smallest absolute Gasteiger partial charge is 0.321 e. The Morgan fingerprint density at radius 1 is 0.971 bits per heavy atom. The lowest BCUT2D eigenvalue weighted by molar-refractivity contribution is -0.143. The van der Waals surface area contributed by atoms with Gasteiger partial charge in [0.1, 0.15) is 5.75 Å². The highest BCUT2D eigenvalue weighted by molar-refractivity contribution is 7.92. The number of sulfone groups is 1. The predicted molar refractivity (Wildman–Crippen MR) is 134 cm³/mol. The zero-order valence-corrected chi connectivity index (χ0v) is 22.5. The summed E-state index contributed by atoms with van der Waals surface area (Å²) in [6.07, 6.45) is 1.50. The van der Waals surface area contributed by atoms with E-state index in [1.54, 1.807) is 20.9 Å². The maximum absolute atomic E-state index is 13.1. The summed E-state index contributed by atoms with van der Waals surface area (Å²) in [5.41, 5.74) is 5.33. The molecule has 2 N–H and O–H groups in total. The molecular formula is C25H40N2O7S. The first-order chi connectivity index (χ1) is 16.3. The van der Waals surface area contributed by atoms with Crippen LogP contribution in [0.5, 0.6) is 0 Å². The lowest BCUT2D eigenvalue weighted by Gasteiger charge is -2.33. The van der Waals surface area contributed by atoms with Crippen LogP contribution in [0.25, 0.3) is 0 Å². The summed E-state index contributed by atoms with van der Waals surface area (Å²) < 4.78 is 34.9. The van der Waals surface area contributed by atoms with Gasteiger partial charge in [-0.15, -0.1) is 0 Å². The molecular weight excluding hydrogens is 472 g/mol. The van der Waals surface area contributed by atoms with Crippen LogP contribution in [0.3, 0.4) is 0 Å². The Morgan fingerprint density at radius 3 is 2.20 bits per heavy atom. The van der Waals surface area contributed by atoms with E-state index in [1.807, 2.05) is 45.0 Å². The molecule has 0 saturated carbocycles. The van der Waals surface area contributed by atoms with Crippen molar-refractivity contribution in [2.75, 3.05) is 31.8 Å². The quantitative estimate of drug-likeness (QED) is 0.271. The molecule has 0 spiro atoms. The van der Waals surface area contributed by atoms with Gasteiger partial charge in [0.2, 0.25) is 5.91 Å². The third-order valence-electron chi connectivity index (χ3n) is 5.78. The minimum Gasteiger partial charge on any atom is -0.466 e. The molecule has 0 aliphatic rings. The fourth-order valence-corrected chi connectivity index (χ4v) is 5.76. The number of carbonyl (C=O) groups excluding carboxylic acids is 3. The Balaban J connectivity index is 3.08. The van der Waals surface area contributed by atoms with Crippen LogP contribution in [0, 0.1) is 5.41 Å². The Morgan fingerprint density at radius 2 is 1.60 bits per heavy atom. The van der Waals surface area contributed by atoms with Gasteiger partial charge in [-0.1, -0.05) is 38.1 Å². The third kappa shape index (κ3) is 10.4. The Kier molecular flexibility index (Phi) is 11.9. The van der Waals surface area contributed by atoms with E-state index in [0.717, 1.165) is 11.1 Å². The summed E-state index contributed by atoms with van der Waals surface area (Å²) in [6, 6.07) is 7.49. The molecule has 198 valence electrons. The van der Waals surface area contributed by atoms with Gasteiger partial charge in [-0.3, -0.25) is 19.8 Å². The van der Waals surface area contributed by atoms with Crippen LogP contribution in [0.1, 0.15) is 65.0 Å². The fourth-order valence-electron chi connectivity index (χ4n) is 3.88. The number of rotatable bonds is 15. The van der Waals surface area contributed by atoms with E-state index in [9.17, 15) is 22.8 Å². The largest absolute Gasteiger partial charge is 0.466 e. The summed E-state index contributed by atoms with van der Waals surface area (Å²) in [5.74, 6) is -2.17. The predicted octanol–water partition coefficient (Wildman–Crippen LogP) is 2.47. The molecule has 1 aromatic carbocycles. The van der Waals surface area contributed by atoms with E-state index in [0.29, 0.717) is 25.9 Å². The van der Waals surface area contributed by atoms with Gasteiger partial charge in [-0.2, -0.15) is 0 Å². The van der Waals surface area contributed by atoms with Crippen molar-refractivity contribution >= 4 is 27.7 Å². The summed E-state index contributed by atoms with van der Waals surface area (Å²) in [7, 11) is -2.08. The van der Waals surface area contributed by atoms with Crippen molar-refractivity contribution in [1.29, 1.82) is 0 Å². The van der Waals surface area contributed by atoms with Gasteiger partial charge in [-0.25, -0.2) is 13.8 Å². The second-order valence-corrected chi connectivity index (χ2v) is 11.6. The minimum absolute atomic E-state index is 0.121. The highest BCUT2D eigenvalue weighted by Crippen LogP contribution is 2.36. The maximum Gasteiger partial charge on any atom is 0.321 e. The number of hydrogen-bond acceptors (Lipinski definition) is 8. The van der Waals surface area contributed by atoms with E-state index in [4.69, 9.17) is 9.47 Å². The van der Waals surface area contributed by atoms with Crippen LogP contribution in [-0.4, -0.2) is 58.0 Å². The van der Waals surface area contributed by atoms with Crippen molar-refractivity contribution < 1.29 is 32.3 Å². The molecule has 0 aromatic heterocycles. The van der Waals surface area contributed by atoms with Crippen molar-refractivity contribution in [1.82, 2.24) is 10.9 Å². The molecule has 0 aliphatic carbocycles. The molecule has 0 aliphatic heterocycles. The number of esters is 2. The average Bonchev–Trinajstić information content (AvgIpc) is 2.75. The molecule has 1 unspecified atom stereocenters. The zero-order chi connectivity index (χ0) is 26.7. The van der Waals surface area contributed by atoms with Crippen LogP contribution in [0.2, 0.25) is 0 Å². The molecule has 1 aromatic rings. The van der Waals surface area contributed by atoms with Gasteiger partial charge in [0, 0.05) is 13.5 Å². The van der Waals surface area contributed by atoms with Gasteiger partial charge in [0.25, 0.3) is 0 Å². The molecule has 0 saturated heterocycles. The number of ether oxygens (including phenoxy) is 2. The highest BCUT2D eigenvalue weighted by atomic mass is 32.2. The van der Waals surface area contributed by atoms with E-state index in [1.165, 1.54) is 0 Å². The van der Waals surface area contributed by atoms with E-state index >= 15 is 0 Å². The SMILES string of the molecule is CCOC(=O)CCc1cccc(C(C)(CCC(C)(C)CS(=O)(=O)CC(=O)OCC)C(=O)NNC)c1. The first-order valence-electron chi connectivity index (χ1n) is 11.9. The maximum atomic E-state index is 13.1. The van der Waals surface area contributed by atoms with Gasteiger partial charge < -0.3 is 9.47 Å². The van der Waals surface area contributed by atoms with Crippen molar-refractivity contribution in [3.8, 4) is 0 Å². The summed E-state index contributed by atoms with van der Waals surface area (Å²) in [4.78, 5) is 36.6. The van der Waals surface area contributed by atoms with E-state index in [-0.39, 0.29) is 30.7 Å². The van der Waals surface area contributed by atoms with Crippen LogP contribution in [0.15, 0.2) is 24.3 Å². The normalized spacial score (nSPS) is 13.5. The molecule has 10 heteroatoms. The average molecular weight is 513 g/mol. The molecule has 1 atom stereocenters. The molecule has 0 heterocycles. The standard InChI is InChI=1S/C25H40N2O7S/c1-7-33-21(28)13-12-19-10-9-11-20(16-19)25(5,23(30)27-26-6)15-14-24(3,4)18-35(31,32)17-22(29)34-8-2/h9-11,16,26H,7-8,12-15,17-18H2,1-6H3,(H,27,30). The number of carbonyl (C=O) groups is 3. The molecule has 1 amide bonds. The van der Waals surface area contributed by atoms with Gasteiger partial charge in [-0.05, 0) is 56.6 Å². The van der Waals surface area contributed by atoms with Crippen LogP contribution < -0.4 is 10.9 Å². The van der Waals surface area contributed by atoms with Gasteiger partial charge in [0.15, 0.2) is 9.84 Å². The lowest BCUT2D eigenvalue weighted by Crippen LogP contribution is -2.47. The number of nitrogens with one attached hydrogen (secondary N) is 2. The number of hydrogen-bond donors (Lipinski definition) is 2. The topological polar surface area (TPSA) is 128 Å². The number of amides is 1. The van der Waals surface area contributed by atoms with Crippen LogP contribution >= 0.6 is 0 Å². The Hall–Kier alpha value is -2.46.